The van der Waals surface area contributed by atoms with Crippen molar-refractivity contribution < 1.29 is 20.1 Å². The van der Waals surface area contributed by atoms with Gasteiger partial charge in [-0.15, -0.1) is 22.9 Å². The molecule has 22 heavy (non-hydrogen) atoms. The Morgan fingerprint density at radius 1 is 1.05 bits per heavy atom. The quantitative estimate of drug-likeness (QED) is 0.583. The molecule has 4 rings (SSSR count). The Kier molecular flexibility index (Phi) is 3.66. The average Bonchev–Trinajstić information content (AvgIpc) is 3.01. The maximum Gasteiger partial charge on any atom is 0 e. The van der Waals surface area contributed by atoms with E-state index in [0.717, 1.165) is 5.69 Å². The fourth-order valence-corrected chi connectivity index (χ4v) is 3.37. The van der Waals surface area contributed by atoms with Crippen molar-refractivity contribution in [1.29, 1.82) is 0 Å². The van der Waals surface area contributed by atoms with Gasteiger partial charge >= 0.3 is 0 Å². The Labute approximate surface area is 145 Å². The molecule has 2 aromatic rings. The first kappa shape index (κ1) is 15.3. The summed E-state index contributed by atoms with van der Waals surface area (Å²) < 4.78 is 0. The zero-order valence-corrected chi connectivity index (χ0v) is 15.3. The van der Waals surface area contributed by atoms with Crippen LogP contribution < -0.4 is 4.90 Å². The van der Waals surface area contributed by atoms with Gasteiger partial charge in [0.1, 0.15) is 0 Å². The molecule has 1 heterocycles. The third-order valence-electron chi connectivity index (χ3n) is 4.55. The molecule has 0 saturated heterocycles. The number of fused-ring (bicyclic) bond motifs is 3. The van der Waals surface area contributed by atoms with Crippen LogP contribution in [0.5, 0.6) is 0 Å². The van der Waals surface area contributed by atoms with Crippen LogP contribution >= 0.6 is 0 Å². The second-order valence-corrected chi connectivity index (χ2v) is 6.30. The molecule has 0 unspecified atom stereocenters. The van der Waals surface area contributed by atoms with Gasteiger partial charge in [-0.05, 0) is 30.4 Å². The van der Waals surface area contributed by atoms with E-state index < -0.39 is 0 Å². The molecule has 2 nitrogen and oxygen atoms in total. The minimum Gasteiger partial charge on any atom is -0.510 e. The second-order valence-electron chi connectivity index (χ2n) is 6.30. The van der Waals surface area contributed by atoms with Crippen LogP contribution in [0.4, 0.5) is 5.69 Å². The van der Waals surface area contributed by atoms with E-state index in [1.54, 1.807) is 0 Å². The van der Waals surface area contributed by atoms with Crippen molar-refractivity contribution in [1.82, 2.24) is 4.90 Å². The van der Waals surface area contributed by atoms with Crippen LogP contribution in [-0.4, -0.2) is 11.9 Å². The molecular weight excluding hydrogens is 448 g/mol. The molecule has 1 aliphatic heterocycles. The van der Waals surface area contributed by atoms with Gasteiger partial charge in [-0.1, -0.05) is 43.7 Å². The van der Waals surface area contributed by atoms with Gasteiger partial charge in [-0.25, -0.2) is 0 Å². The van der Waals surface area contributed by atoms with Crippen LogP contribution in [0, 0.1) is 12.7 Å². The van der Waals surface area contributed by atoms with E-state index in [4.69, 9.17) is 0 Å². The summed E-state index contributed by atoms with van der Waals surface area (Å²) in [5.74, 6) is 0. The van der Waals surface area contributed by atoms with Gasteiger partial charge in [-0.2, -0.15) is 18.8 Å². The minimum absolute atomic E-state index is 0. The van der Waals surface area contributed by atoms with Gasteiger partial charge in [0, 0.05) is 20.1 Å². The Morgan fingerprint density at radius 3 is 2.55 bits per heavy atom. The number of benzene rings is 2. The second kappa shape index (κ2) is 5.26. The van der Waals surface area contributed by atoms with Crippen molar-refractivity contribution in [3.05, 3.63) is 72.7 Å². The number of nitrogens with zero attached hydrogens (tertiary/aromatic N) is 2. The van der Waals surface area contributed by atoms with Gasteiger partial charge in [0.05, 0.1) is 0 Å². The summed E-state index contributed by atoms with van der Waals surface area (Å²) >= 11 is 0. The molecule has 1 aliphatic carbocycles. The number of hydrogen-bond donors (Lipinski definition) is 0. The predicted octanol–water partition coefficient (Wildman–Crippen LogP) is 4.13. The first-order valence-corrected chi connectivity index (χ1v) is 7.27. The van der Waals surface area contributed by atoms with Gasteiger partial charge < -0.3 is 9.80 Å². The molecule has 0 spiro atoms. The number of rotatable bonds is 1. The summed E-state index contributed by atoms with van der Waals surface area (Å²) in [7, 11) is 2.03. The van der Waals surface area contributed by atoms with Crippen molar-refractivity contribution in [3.8, 4) is 11.1 Å². The minimum atomic E-state index is 0. The molecule has 0 N–H and O–H groups in total. The van der Waals surface area contributed by atoms with Crippen molar-refractivity contribution in [3.63, 3.8) is 0 Å². The zero-order valence-electron chi connectivity index (χ0n) is 12.9. The molecule has 2 aromatic carbocycles. The van der Waals surface area contributed by atoms with Crippen LogP contribution in [0.1, 0.15) is 25.0 Å². The van der Waals surface area contributed by atoms with Crippen LogP contribution in [0.2, 0.25) is 0 Å². The Morgan fingerprint density at radius 2 is 1.82 bits per heavy atom. The normalized spacial score (nSPS) is 17.2. The molecule has 0 saturated carbocycles. The van der Waals surface area contributed by atoms with Crippen LogP contribution in [0.3, 0.4) is 0 Å². The van der Waals surface area contributed by atoms with Crippen molar-refractivity contribution in [2.45, 2.75) is 19.3 Å². The van der Waals surface area contributed by atoms with E-state index in [2.05, 4.69) is 74.1 Å². The predicted molar refractivity (Wildman–Crippen MR) is 86.5 cm³/mol. The number of anilines is 1. The Hall–Kier alpha value is -1.57. The molecule has 1 radical (unpaired) electrons. The smallest absolute Gasteiger partial charge is 0 e. The summed E-state index contributed by atoms with van der Waals surface area (Å²) in [4.78, 5) is 4.15. The molecule has 0 fully saturated rings. The van der Waals surface area contributed by atoms with Crippen LogP contribution in [0.25, 0.3) is 11.1 Å². The van der Waals surface area contributed by atoms with E-state index in [1.165, 1.54) is 22.3 Å². The van der Waals surface area contributed by atoms with Crippen molar-refractivity contribution in [2.24, 2.45) is 0 Å². The third-order valence-corrected chi connectivity index (χ3v) is 4.55. The van der Waals surface area contributed by atoms with E-state index in [0.29, 0.717) is 0 Å². The molecule has 0 amide bonds. The fraction of sp³-hybridized carbons (Fsp3) is 0.211. The van der Waals surface area contributed by atoms with E-state index >= 15 is 0 Å². The van der Waals surface area contributed by atoms with Crippen LogP contribution in [-0.2, 0) is 25.5 Å². The molecule has 2 aliphatic rings. The summed E-state index contributed by atoms with van der Waals surface area (Å²) in [6.07, 6.45) is 4.11. The van der Waals surface area contributed by atoms with E-state index in [-0.39, 0.29) is 25.5 Å². The van der Waals surface area contributed by atoms with Crippen molar-refractivity contribution in [2.75, 3.05) is 11.9 Å². The van der Waals surface area contributed by atoms with Crippen molar-refractivity contribution >= 4 is 5.69 Å². The topological polar surface area (TPSA) is 6.48 Å². The standard InChI is InChI=1S/C19H18N2.Ir/c1-19(2)17-7-5-4-6-15(17)16-9-8-14(12-18(16)19)21-11-10-20(3)13-21;/h4-7,9-13H,1-3H3;/q-2;. The summed E-state index contributed by atoms with van der Waals surface area (Å²) in [6, 6.07) is 16.5. The van der Waals surface area contributed by atoms with Gasteiger partial charge in [0.2, 0.25) is 0 Å². The molecule has 0 aromatic heterocycles. The first-order valence-electron chi connectivity index (χ1n) is 7.27. The number of hydrogen-bond acceptors (Lipinski definition) is 2. The third kappa shape index (κ3) is 2.12. The monoisotopic (exact) mass is 467 g/mol. The van der Waals surface area contributed by atoms with E-state index in [9.17, 15) is 0 Å². The molecule has 0 atom stereocenters. The van der Waals surface area contributed by atoms with Gasteiger partial charge in [-0.3, -0.25) is 0 Å². The van der Waals surface area contributed by atoms with Gasteiger partial charge in [0.15, 0.2) is 0 Å². The Balaban J connectivity index is 0.00000144. The maximum atomic E-state index is 3.43. The summed E-state index contributed by atoms with van der Waals surface area (Å²) in [5, 5.41) is 0. The molecular formula is C19H18IrN2-2. The molecule has 0 bridgehead atoms. The summed E-state index contributed by atoms with van der Waals surface area (Å²) in [6.45, 7) is 6.67. The fourth-order valence-electron chi connectivity index (χ4n) is 3.37. The summed E-state index contributed by atoms with van der Waals surface area (Å²) in [5.41, 5.74) is 6.59. The Bertz CT molecular complexity index is 749. The first-order chi connectivity index (χ1) is 10.1. The largest absolute Gasteiger partial charge is 0.510 e. The molecule has 115 valence electrons. The van der Waals surface area contributed by atoms with E-state index in [1.807, 2.05) is 18.1 Å². The average molecular weight is 467 g/mol. The van der Waals surface area contributed by atoms with Crippen LogP contribution in [0.15, 0.2) is 48.8 Å². The zero-order chi connectivity index (χ0) is 14.6. The maximum absolute atomic E-state index is 3.43. The SMILES string of the molecule is CN1C=CN(c2[c-]cc3c(c2)C(C)(C)c2ccccc2-3)[CH-]1.[Ir]. The van der Waals surface area contributed by atoms with Gasteiger partial charge in [0.25, 0.3) is 0 Å². The molecule has 3 heteroatoms.